The van der Waals surface area contributed by atoms with Crippen LogP contribution in [0.25, 0.3) is 0 Å². The highest BCUT2D eigenvalue weighted by atomic mass is 35.5. The van der Waals surface area contributed by atoms with Crippen LogP contribution in [0.4, 0.5) is 0 Å². The minimum Gasteiger partial charge on any atom is -0.330 e. The average Bonchev–Trinajstić information content (AvgIpc) is 2.82. The van der Waals surface area contributed by atoms with Crippen molar-refractivity contribution < 1.29 is 0 Å². The monoisotopic (exact) mass is 299 g/mol. The molecule has 2 aromatic rings. The second-order valence-corrected chi connectivity index (χ2v) is 6.12. The molecular weight excluding hydrogens is 286 g/mol. The van der Waals surface area contributed by atoms with Gasteiger partial charge in [0.1, 0.15) is 5.82 Å². The van der Waals surface area contributed by atoms with E-state index in [1.165, 1.54) is 17.1 Å². The van der Waals surface area contributed by atoms with Gasteiger partial charge in [-0.05, 0) is 36.1 Å². The third-order valence-electron chi connectivity index (χ3n) is 2.42. The van der Waals surface area contributed by atoms with E-state index in [1.807, 2.05) is 19.1 Å². The molecule has 0 aliphatic rings. The molecule has 18 heavy (non-hydrogen) atoms. The molecule has 1 aromatic heterocycles. The predicted molar refractivity (Wildman–Crippen MR) is 77.6 cm³/mol. The fourth-order valence-corrected chi connectivity index (χ4v) is 3.64. The van der Waals surface area contributed by atoms with Gasteiger partial charge in [-0.3, -0.25) is 0 Å². The molecule has 3 nitrogen and oxygen atoms in total. The molecule has 6 heteroatoms. The molecule has 1 heterocycles. The number of halogens is 1. The van der Waals surface area contributed by atoms with E-state index >= 15 is 0 Å². The van der Waals surface area contributed by atoms with Crippen molar-refractivity contribution in [1.29, 1.82) is 0 Å². The molecule has 2 rings (SSSR count). The molecule has 0 atom stereocenters. The number of benzene rings is 1. The van der Waals surface area contributed by atoms with Gasteiger partial charge in [0.15, 0.2) is 4.34 Å². The lowest BCUT2D eigenvalue weighted by molar-refractivity contribution is 0.942. The maximum Gasteiger partial charge on any atom is 0.174 e. The molecule has 96 valence electrons. The molecule has 0 radical (unpaired) electrons. The van der Waals surface area contributed by atoms with E-state index in [1.54, 1.807) is 11.8 Å². The first kappa shape index (κ1) is 13.8. The van der Waals surface area contributed by atoms with Gasteiger partial charge in [0.25, 0.3) is 0 Å². The summed E-state index contributed by atoms with van der Waals surface area (Å²) in [5, 5.41) is 0.749. The van der Waals surface area contributed by atoms with Gasteiger partial charge in [-0.1, -0.05) is 42.4 Å². The molecule has 0 fully saturated rings. The number of aromatic nitrogens is 2. The average molecular weight is 300 g/mol. The Morgan fingerprint density at radius 1 is 1.44 bits per heavy atom. The quantitative estimate of drug-likeness (QED) is 0.919. The molecule has 0 aliphatic carbocycles. The van der Waals surface area contributed by atoms with Crippen molar-refractivity contribution in [3.05, 3.63) is 34.6 Å². The van der Waals surface area contributed by atoms with E-state index in [0.717, 1.165) is 32.9 Å². The lowest BCUT2D eigenvalue weighted by atomic mass is 10.1. The second kappa shape index (κ2) is 6.52. The summed E-state index contributed by atoms with van der Waals surface area (Å²) in [4.78, 5) is 5.49. The van der Waals surface area contributed by atoms with E-state index in [4.69, 9.17) is 17.3 Å². The van der Waals surface area contributed by atoms with Crippen LogP contribution in [0.3, 0.4) is 0 Å². The van der Waals surface area contributed by atoms with Crippen LogP contribution in [0.5, 0.6) is 0 Å². The lowest BCUT2D eigenvalue weighted by Gasteiger charge is -2.08. The van der Waals surface area contributed by atoms with Crippen molar-refractivity contribution in [1.82, 2.24) is 9.36 Å². The van der Waals surface area contributed by atoms with E-state index < -0.39 is 0 Å². The molecule has 0 bridgehead atoms. The Kier molecular flexibility index (Phi) is 5.00. The Hall–Kier alpha value is -0.620. The molecule has 0 unspecified atom stereocenters. The first-order valence-corrected chi connectivity index (χ1v) is 7.69. The molecule has 0 amide bonds. The largest absolute Gasteiger partial charge is 0.330 e. The number of rotatable bonds is 5. The summed E-state index contributed by atoms with van der Waals surface area (Å²) in [6.45, 7) is 2.66. The summed E-state index contributed by atoms with van der Waals surface area (Å²) in [5.74, 6) is 0.884. The summed E-state index contributed by atoms with van der Waals surface area (Å²) in [6.07, 6.45) is 1.68. The van der Waals surface area contributed by atoms with Crippen molar-refractivity contribution in [3.63, 3.8) is 0 Å². The molecule has 0 spiro atoms. The highest BCUT2D eigenvalue weighted by molar-refractivity contribution is 8.01. The molecular formula is C12H14ClN3S2. The molecule has 0 aliphatic heterocycles. The maximum atomic E-state index is 6.25. The number of hydrogen-bond donors (Lipinski definition) is 1. The van der Waals surface area contributed by atoms with Crippen molar-refractivity contribution in [2.45, 2.75) is 29.0 Å². The van der Waals surface area contributed by atoms with E-state index in [9.17, 15) is 0 Å². The Balaban J connectivity index is 2.26. The maximum absolute atomic E-state index is 6.25. The van der Waals surface area contributed by atoms with Crippen LogP contribution in [-0.4, -0.2) is 15.9 Å². The van der Waals surface area contributed by atoms with Gasteiger partial charge >= 0.3 is 0 Å². The fourth-order valence-electron chi connectivity index (χ4n) is 1.53. The van der Waals surface area contributed by atoms with Gasteiger partial charge in [0.2, 0.25) is 0 Å². The highest BCUT2D eigenvalue weighted by Gasteiger charge is 2.11. The Morgan fingerprint density at radius 2 is 2.28 bits per heavy atom. The number of nitrogens with zero attached hydrogens (tertiary/aromatic N) is 2. The zero-order valence-electron chi connectivity index (χ0n) is 10.0. The zero-order chi connectivity index (χ0) is 13.0. The predicted octanol–water partition coefficient (Wildman–Crippen LogP) is 3.41. The van der Waals surface area contributed by atoms with Crippen molar-refractivity contribution in [2.24, 2.45) is 5.73 Å². The molecule has 0 saturated carbocycles. The van der Waals surface area contributed by atoms with Gasteiger partial charge in [-0.2, -0.15) is 4.37 Å². The van der Waals surface area contributed by atoms with Gasteiger partial charge in [0.05, 0.1) is 5.02 Å². The van der Waals surface area contributed by atoms with Gasteiger partial charge in [-0.25, -0.2) is 4.98 Å². The fraction of sp³-hybridized carbons (Fsp3) is 0.333. The van der Waals surface area contributed by atoms with Gasteiger partial charge in [-0.15, -0.1) is 0 Å². The van der Waals surface area contributed by atoms with E-state index in [0.29, 0.717) is 6.54 Å². The smallest absolute Gasteiger partial charge is 0.174 e. The molecule has 2 N–H and O–H groups in total. The van der Waals surface area contributed by atoms with Crippen LogP contribution in [0, 0.1) is 0 Å². The molecule has 1 aromatic carbocycles. The van der Waals surface area contributed by atoms with Crippen molar-refractivity contribution in [2.75, 3.05) is 6.54 Å². The SMILES string of the molecule is CCc1nsc(Sc2c(Cl)cccc2CCN)n1. The van der Waals surface area contributed by atoms with Crippen LogP contribution in [0.1, 0.15) is 18.3 Å². The van der Waals surface area contributed by atoms with Crippen LogP contribution in [-0.2, 0) is 12.8 Å². The standard InChI is InChI=1S/C12H14ClN3S2/c1-2-10-15-12(18-16-10)17-11-8(6-7-14)4-3-5-9(11)13/h3-5H,2,6-7,14H2,1H3. The van der Waals surface area contributed by atoms with Crippen LogP contribution < -0.4 is 5.73 Å². The Labute approximate surface area is 120 Å². The van der Waals surface area contributed by atoms with Gasteiger partial charge < -0.3 is 5.73 Å². The first-order chi connectivity index (χ1) is 8.74. The Bertz CT molecular complexity index is 528. The summed E-state index contributed by atoms with van der Waals surface area (Å²) < 4.78 is 5.21. The van der Waals surface area contributed by atoms with Crippen molar-refractivity contribution >= 4 is 34.9 Å². The summed E-state index contributed by atoms with van der Waals surface area (Å²) in [6, 6.07) is 5.91. The van der Waals surface area contributed by atoms with Gasteiger partial charge in [0, 0.05) is 11.3 Å². The lowest BCUT2D eigenvalue weighted by Crippen LogP contribution is -2.03. The first-order valence-electron chi connectivity index (χ1n) is 5.72. The number of nitrogens with two attached hydrogens (primary N) is 1. The second-order valence-electron chi connectivity index (χ2n) is 3.70. The van der Waals surface area contributed by atoms with E-state index in [-0.39, 0.29) is 0 Å². The topological polar surface area (TPSA) is 51.8 Å². The normalized spacial score (nSPS) is 10.8. The minimum absolute atomic E-state index is 0.615. The highest BCUT2D eigenvalue weighted by Crippen LogP contribution is 2.36. The summed E-state index contributed by atoms with van der Waals surface area (Å²) >= 11 is 9.24. The zero-order valence-corrected chi connectivity index (χ0v) is 12.4. The molecule has 0 saturated heterocycles. The minimum atomic E-state index is 0.615. The van der Waals surface area contributed by atoms with Crippen LogP contribution >= 0.6 is 34.9 Å². The number of hydrogen-bond acceptors (Lipinski definition) is 5. The summed E-state index contributed by atoms with van der Waals surface area (Å²) in [5.41, 5.74) is 6.79. The third kappa shape index (κ3) is 3.23. The van der Waals surface area contributed by atoms with Crippen LogP contribution in [0.2, 0.25) is 5.02 Å². The number of aryl methyl sites for hydroxylation is 1. The third-order valence-corrected chi connectivity index (χ3v) is 4.82. The van der Waals surface area contributed by atoms with E-state index in [2.05, 4.69) is 15.4 Å². The summed E-state index contributed by atoms with van der Waals surface area (Å²) in [7, 11) is 0. The van der Waals surface area contributed by atoms with Crippen LogP contribution in [0.15, 0.2) is 27.4 Å². The van der Waals surface area contributed by atoms with Crippen molar-refractivity contribution in [3.8, 4) is 0 Å². The Morgan fingerprint density at radius 3 is 2.94 bits per heavy atom.